The quantitative estimate of drug-likeness (QED) is 0.700. The molecule has 2 unspecified atom stereocenters. The molecule has 3 N–H and O–H groups in total. The molecule has 0 heterocycles. The number of aliphatic hydroxyl groups excluding tert-OH is 1. The van der Waals surface area contributed by atoms with Gasteiger partial charge in [-0.2, -0.15) is 0 Å². The molecule has 1 aromatic rings. The van der Waals surface area contributed by atoms with Crippen molar-refractivity contribution in [3.63, 3.8) is 0 Å². The van der Waals surface area contributed by atoms with Crippen molar-refractivity contribution in [2.75, 3.05) is 5.73 Å². The van der Waals surface area contributed by atoms with Crippen LogP contribution < -0.4 is 5.73 Å². The minimum Gasteiger partial charge on any atom is -0.399 e. The molecule has 72 valence electrons. The lowest BCUT2D eigenvalue weighted by Crippen LogP contribution is -2.07. The Morgan fingerprint density at radius 1 is 1.31 bits per heavy atom. The van der Waals surface area contributed by atoms with Crippen LogP contribution in [0.5, 0.6) is 0 Å². The SMILES string of the molecule is CCC(C)C(O)c1ccc(N)cc1. The largest absolute Gasteiger partial charge is 0.399 e. The Balaban J connectivity index is 2.77. The highest BCUT2D eigenvalue weighted by atomic mass is 16.3. The van der Waals surface area contributed by atoms with Crippen molar-refractivity contribution in [1.82, 2.24) is 0 Å². The number of rotatable bonds is 3. The van der Waals surface area contributed by atoms with Gasteiger partial charge < -0.3 is 10.8 Å². The molecule has 0 aliphatic heterocycles. The van der Waals surface area contributed by atoms with Gasteiger partial charge in [0.25, 0.3) is 0 Å². The normalized spacial score (nSPS) is 15.3. The van der Waals surface area contributed by atoms with Gasteiger partial charge in [0, 0.05) is 5.69 Å². The summed E-state index contributed by atoms with van der Waals surface area (Å²) in [6.45, 7) is 4.12. The average molecular weight is 179 g/mol. The van der Waals surface area contributed by atoms with Gasteiger partial charge in [-0.05, 0) is 23.6 Å². The van der Waals surface area contributed by atoms with Crippen LogP contribution in [-0.2, 0) is 0 Å². The molecule has 0 bridgehead atoms. The van der Waals surface area contributed by atoms with Gasteiger partial charge in [-0.3, -0.25) is 0 Å². The maximum atomic E-state index is 9.84. The van der Waals surface area contributed by atoms with Gasteiger partial charge in [0.15, 0.2) is 0 Å². The maximum absolute atomic E-state index is 9.84. The molecule has 0 aromatic heterocycles. The first-order valence-electron chi connectivity index (χ1n) is 4.68. The first-order chi connectivity index (χ1) is 6.15. The highest BCUT2D eigenvalue weighted by Crippen LogP contribution is 2.24. The van der Waals surface area contributed by atoms with Gasteiger partial charge in [0.1, 0.15) is 0 Å². The van der Waals surface area contributed by atoms with Gasteiger partial charge in [-0.15, -0.1) is 0 Å². The standard InChI is InChI=1S/C11H17NO/c1-3-8(2)11(13)9-4-6-10(12)7-5-9/h4-8,11,13H,3,12H2,1-2H3. The second kappa shape index (κ2) is 4.28. The van der Waals surface area contributed by atoms with Gasteiger partial charge in [-0.25, -0.2) is 0 Å². The summed E-state index contributed by atoms with van der Waals surface area (Å²) >= 11 is 0. The Morgan fingerprint density at radius 2 is 1.85 bits per heavy atom. The highest BCUT2D eigenvalue weighted by molar-refractivity contribution is 5.39. The van der Waals surface area contributed by atoms with Gasteiger partial charge in [0.2, 0.25) is 0 Å². The van der Waals surface area contributed by atoms with Gasteiger partial charge >= 0.3 is 0 Å². The van der Waals surface area contributed by atoms with Crippen LogP contribution in [-0.4, -0.2) is 5.11 Å². The van der Waals surface area contributed by atoms with Crippen LogP contribution in [0.1, 0.15) is 31.9 Å². The minimum absolute atomic E-state index is 0.295. The zero-order valence-electron chi connectivity index (χ0n) is 8.20. The summed E-state index contributed by atoms with van der Waals surface area (Å²) in [4.78, 5) is 0. The second-order valence-electron chi connectivity index (χ2n) is 3.50. The fourth-order valence-corrected chi connectivity index (χ4v) is 1.24. The molecule has 1 aromatic carbocycles. The summed E-state index contributed by atoms with van der Waals surface area (Å²) in [6.07, 6.45) is 0.608. The summed E-state index contributed by atoms with van der Waals surface area (Å²) < 4.78 is 0. The minimum atomic E-state index is -0.370. The molecule has 2 heteroatoms. The molecule has 2 nitrogen and oxygen atoms in total. The van der Waals surface area contributed by atoms with Gasteiger partial charge in [-0.1, -0.05) is 32.4 Å². The Labute approximate surface area is 79.4 Å². The predicted octanol–water partition coefficient (Wildman–Crippen LogP) is 2.35. The fraction of sp³-hybridized carbons (Fsp3) is 0.455. The third-order valence-corrected chi connectivity index (χ3v) is 2.46. The Kier molecular flexibility index (Phi) is 3.32. The number of hydrogen-bond donors (Lipinski definition) is 2. The summed E-state index contributed by atoms with van der Waals surface area (Å²) in [5.74, 6) is 0.295. The van der Waals surface area contributed by atoms with Crippen molar-refractivity contribution in [3.8, 4) is 0 Å². The number of aliphatic hydroxyl groups is 1. The van der Waals surface area contributed by atoms with E-state index < -0.39 is 0 Å². The number of nitrogen functional groups attached to an aromatic ring is 1. The fourth-order valence-electron chi connectivity index (χ4n) is 1.24. The Hall–Kier alpha value is -1.02. The van der Waals surface area contributed by atoms with Crippen LogP contribution in [0, 0.1) is 5.92 Å². The maximum Gasteiger partial charge on any atom is 0.0815 e. The molecule has 0 amide bonds. The van der Waals surface area contributed by atoms with Crippen molar-refractivity contribution >= 4 is 5.69 Å². The predicted molar refractivity (Wildman–Crippen MR) is 55.3 cm³/mol. The van der Waals surface area contributed by atoms with Crippen LogP contribution >= 0.6 is 0 Å². The number of hydrogen-bond acceptors (Lipinski definition) is 2. The average Bonchev–Trinajstić information content (AvgIpc) is 2.17. The third kappa shape index (κ3) is 2.46. The van der Waals surface area contributed by atoms with Crippen molar-refractivity contribution in [2.24, 2.45) is 5.92 Å². The van der Waals surface area contributed by atoms with Crippen LogP contribution in [0.2, 0.25) is 0 Å². The summed E-state index contributed by atoms with van der Waals surface area (Å²) in [5.41, 5.74) is 7.24. The van der Waals surface area contributed by atoms with Crippen LogP contribution in [0.3, 0.4) is 0 Å². The third-order valence-electron chi connectivity index (χ3n) is 2.46. The van der Waals surface area contributed by atoms with E-state index in [0.29, 0.717) is 5.92 Å². The Morgan fingerprint density at radius 3 is 2.31 bits per heavy atom. The zero-order valence-corrected chi connectivity index (χ0v) is 8.20. The lowest BCUT2D eigenvalue weighted by atomic mass is 9.95. The van der Waals surface area contributed by atoms with E-state index in [-0.39, 0.29) is 6.10 Å². The van der Waals surface area contributed by atoms with E-state index in [1.54, 1.807) is 0 Å². The van der Waals surface area contributed by atoms with Crippen molar-refractivity contribution in [3.05, 3.63) is 29.8 Å². The van der Waals surface area contributed by atoms with Crippen molar-refractivity contribution in [2.45, 2.75) is 26.4 Å². The molecule has 0 fully saturated rings. The van der Waals surface area contributed by atoms with E-state index in [2.05, 4.69) is 6.92 Å². The molecule has 0 spiro atoms. The summed E-state index contributed by atoms with van der Waals surface area (Å²) in [7, 11) is 0. The van der Waals surface area contributed by atoms with E-state index in [9.17, 15) is 5.11 Å². The Bertz CT molecular complexity index is 255. The number of anilines is 1. The molecule has 0 radical (unpaired) electrons. The monoisotopic (exact) mass is 179 g/mol. The lowest BCUT2D eigenvalue weighted by Gasteiger charge is -2.17. The molecule has 13 heavy (non-hydrogen) atoms. The van der Waals surface area contributed by atoms with Gasteiger partial charge in [0.05, 0.1) is 6.10 Å². The van der Waals surface area contributed by atoms with Crippen LogP contribution in [0.15, 0.2) is 24.3 Å². The molecular weight excluding hydrogens is 162 g/mol. The first-order valence-corrected chi connectivity index (χ1v) is 4.68. The van der Waals surface area contributed by atoms with E-state index >= 15 is 0 Å². The van der Waals surface area contributed by atoms with Crippen molar-refractivity contribution < 1.29 is 5.11 Å². The molecule has 0 saturated carbocycles. The zero-order chi connectivity index (χ0) is 9.84. The lowest BCUT2D eigenvalue weighted by molar-refractivity contribution is 0.115. The summed E-state index contributed by atoms with van der Waals surface area (Å²) in [6, 6.07) is 7.40. The van der Waals surface area contributed by atoms with E-state index in [1.165, 1.54) is 0 Å². The molecule has 2 atom stereocenters. The van der Waals surface area contributed by atoms with E-state index in [4.69, 9.17) is 5.73 Å². The van der Waals surface area contributed by atoms with E-state index in [1.807, 2.05) is 31.2 Å². The van der Waals surface area contributed by atoms with Crippen LogP contribution in [0.25, 0.3) is 0 Å². The topological polar surface area (TPSA) is 46.2 Å². The smallest absolute Gasteiger partial charge is 0.0815 e. The highest BCUT2D eigenvalue weighted by Gasteiger charge is 2.13. The molecule has 1 rings (SSSR count). The second-order valence-corrected chi connectivity index (χ2v) is 3.50. The van der Waals surface area contributed by atoms with E-state index in [0.717, 1.165) is 17.7 Å². The molecular formula is C11H17NO. The first kappa shape index (κ1) is 10.1. The number of nitrogens with two attached hydrogens (primary N) is 1. The molecule has 0 saturated heterocycles. The summed E-state index contributed by atoms with van der Waals surface area (Å²) in [5, 5.41) is 9.84. The molecule has 0 aliphatic carbocycles. The van der Waals surface area contributed by atoms with Crippen molar-refractivity contribution in [1.29, 1.82) is 0 Å². The number of benzene rings is 1. The van der Waals surface area contributed by atoms with Crippen LogP contribution in [0.4, 0.5) is 5.69 Å². The molecule has 0 aliphatic rings.